The van der Waals surface area contributed by atoms with Crippen LogP contribution in [-0.4, -0.2) is 49.9 Å². The lowest BCUT2D eigenvalue weighted by Crippen LogP contribution is -2.46. The number of aromatic nitrogens is 1. The van der Waals surface area contributed by atoms with Gasteiger partial charge in [-0.2, -0.15) is 0 Å². The third kappa shape index (κ3) is 5.23. The molecule has 0 amide bonds. The molecule has 2 heterocycles. The lowest BCUT2D eigenvalue weighted by Gasteiger charge is -2.24. The second-order valence-electron chi connectivity index (χ2n) is 5.29. The summed E-state index contributed by atoms with van der Waals surface area (Å²) in [6.45, 7) is 4.97. The molecule has 2 N–H and O–H groups in total. The summed E-state index contributed by atoms with van der Waals surface area (Å²) in [6, 6.07) is 3.74. The van der Waals surface area contributed by atoms with Gasteiger partial charge in [0.25, 0.3) is 0 Å². The quantitative estimate of drug-likeness (QED) is 0.468. The number of nitrogens with one attached hydrogen (secondary N) is 2. The molecule has 1 aromatic rings. The molecule has 116 valence electrons. The van der Waals surface area contributed by atoms with Gasteiger partial charge >= 0.3 is 0 Å². The van der Waals surface area contributed by atoms with E-state index in [-0.39, 0.29) is 5.60 Å². The Bertz CT molecular complexity index is 444. The molecule has 2 rings (SSSR count). The lowest BCUT2D eigenvalue weighted by atomic mass is 10.0. The second-order valence-corrected chi connectivity index (χ2v) is 5.29. The number of pyridine rings is 1. The van der Waals surface area contributed by atoms with E-state index in [1.807, 2.05) is 12.1 Å². The highest BCUT2D eigenvalue weighted by molar-refractivity contribution is 5.79. The van der Waals surface area contributed by atoms with Crippen molar-refractivity contribution in [3.8, 4) is 5.75 Å². The number of ether oxygens (including phenoxy) is 2. The Morgan fingerprint density at radius 3 is 3.10 bits per heavy atom. The fraction of sp³-hybridized carbons (Fsp3) is 0.600. The highest BCUT2D eigenvalue weighted by Crippen LogP contribution is 2.23. The summed E-state index contributed by atoms with van der Waals surface area (Å²) >= 11 is 0. The Morgan fingerprint density at radius 1 is 1.52 bits per heavy atom. The zero-order valence-corrected chi connectivity index (χ0v) is 12.8. The molecule has 0 radical (unpaired) electrons. The summed E-state index contributed by atoms with van der Waals surface area (Å²) in [4.78, 5) is 8.20. The number of nitrogens with zero attached hydrogens (tertiary/aromatic N) is 2. The Morgan fingerprint density at radius 2 is 2.43 bits per heavy atom. The number of hydrogen-bond acceptors (Lipinski definition) is 4. The van der Waals surface area contributed by atoms with Crippen LogP contribution in [0.25, 0.3) is 0 Å². The van der Waals surface area contributed by atoms with Crippen LogP contribution in [-0.2, 0) is 4.74 Å². The molecule has 0 saturated carbocycles. The average molecular weight is 292 g/mol. The minimum Gasteiger partial charge on any atom is -0.490 e. The second kappa shape index (κ2) is 7.83. The fourth-order valence-electron chi connectivity index (χ4n) is 2.24. The van der Waals surface area contributed by atoms with Gasteiger partial charge in [0.2, 0.25) is 0 Å². The highest BCUT2D eigenvalue weighted by Gasteiger charge is 2.29. The normalized spacial score (nSPS) is 22.1. The Labute approximate surface area is 126 Å². The van der Waals surface area contributed by atoms with Gasteiger partial charge in [-0.3, -0.25) is 9.98 Å². The molecule has 0 bridgehead atoms. The van der Waals surface area contributed by atoms with Crippen LogP contribution in [0.3, 0.4) is 0 Å². The number of aliphatic imine (C=N–C) groups is 1. The van der Waals surface area contributed by atoms with E-state index in [0.717, 1.165) is 37.7 Å². The van der Waals surface area contributed by atoms with Gasteiger partial charge < -0.3 is 20.1 Å². The lowest BCUT2D eigenvalue weighted by molar-refractivity contribution is 0.0243. The molecule has 0 aliphatic carbocycles. The van der Waals surface area contributed by atoms with E-state index in [0.29, 0.717) is 13.2 Å². The third-order valence-corrected chi connectivity index (χ3v) is 3.45. The molecular weight excluding hydrogens is 268 g/mol. The maximum atomic E-state index is 5.74. The standard InChI is InChI=1S/C15H24N4O2/c1-15(6-4-9-21-15)12-19-14(16-2)18-8-10-20-13-5-3-7-17-11-13/h3,5,7,11H,4,6,8-10,12H2,1-2H3,(H2,16,18,19). The molecule has 0 spiro atoms. The van der Waals surface area contributed by atoms with Crippen LogP contribution in [0.4, 0.5) is 0 Å². The largest absolute Gasteiger partial charge is 0.490 e. The number of guanidine groups is 1. The van der Waals surface area contributed by atoms with Crippen molar-refractivity contribution in [2.24, 2.45) is 4.99 Å². The first kappa shape index (κ1) is 15.6. The van der Waals surface area contributed by atoms with Gasteiger partial charge in [-0.1, -0.05) is 0 Å². The molecule has 1 aromatic heterocycles. The summed E-state index contributed by atoms with van der Waals surface area (Å²) in [5.41, 5.74) is -0.0795. The zero-order chi connectivity index (χ0) is 15.0. The first-order valence-electron chi connectivity index (χ1n) is 7.33. The van der Waals surface area contributed by atoms with Crippen molar-refractivity contribution in [3.05, 3.63) is 24.5 Å². The van der Waals surface area contributed by atoms with Crippen LogP contribution in [0.2, 0.25) is 0 Å². The van der Waals surface area contributed by atoms with Crippen LogP contribution in [0, 0.1) is 0 Å². The van der Waals surface area contributed by atoms with Crippen molar-refractivity contribution in [1.29, 1.82) is 0 Å². The van der Waals surface area contributed by atoms with Gasteiger partial charge in [0, 0.05) is 26.4 Å². The van der Waals surface area contributed by atoms with Gasteiger partial charge in [0.05, 0.1) is 18.3 Å². The molecule has 1 saturated heterocycles. The summed E-state index contributed by atoms with van der Waals surface area (Å²) in [5, 5.41) is 6.52. The van der Waals surface area contributed by atoms with E-state index in [4.69, 9.17) is 9.47 Å². The van der Waals surface area contributed by atoms with Crippen molar-refractivity contribution < 1.29 is 9.47 Å². The Balaban J connectivity index is 1.64. The highest BCUT2D eigenvalue weighted by atomic mass is 16.5. The van der Waals surface area contributed by atoms with Crippen molar-refractivity contribution in [1.82, 2.24) is 15.6 Å². The van der Waals surface area contributed by atoms with Crippen molar-refractivity contribution in [2.75, 3.05) is 33.4 Å². The van der Waals surface area contributed by atoms with Crippen LogP contribution < -0.4 is 15.4 Å². The van der Waals surface area contributed by atoms with Gasteiger partial charge in [-0.25, -0.2) is 0 Å². The number of rotatable bonds is 6. The van der Waals surface area contributed by atoms with Crippen LogP contribution in [0.1, 0.15) is 19.8 Å². The fourth-order valence-corrected chi connectivity index (χ4v) is 2.24. The van der Waals surface area contributed by atoms with E-state index in [2.05, 4.69) is 27.5 Å². The summed E-state index contributed by atoms with van der Waals surface area (Å²) in [5.74, 6) is 1.54. The van der Waals surface area contributed by atoms with Gasteiger partial charge in [0.15, 0.2) is 5.96 Å². The molecule has 1 atom stereocenters. The first-order valence-corrected chi connectivity index (χ1v) is 7.33. The minimum absolute atomic E-state index is 0.0795. The maximum absolute atomic E-state index is 5.74. The van der Waals surface area contributed by atoms with E-state index < -0.39 is 0 Å². The van der Waals surface area contributed by atoms with Crippen molar-refractivity contribution in [2.45, 2.75) is 25.4 Å². The monoisotopic (exact) mass is 292 g/mol. The molecule has 0 aromatic carbocycles. The van der Waals surface area contributed by atoms with Crippen LogP contribution in [0.5, 0.6) is 5.75 Å². The average Bonchev–Trinajstić information content (AvgIpc) is 2.95. The van der Waals surface area contributed by atoms with Gasteiger partial charge in [-0.05, 0) is 31.9 Å². The third-order valence-electron chi connectivity index (χ3n) is 3.45. The van der Waals surface area contributed by atoms with E-state index in [1.165, 1.54) is 0 Å². The molecule has 1 unspecified atom stereocenters. The topological polar surface area (TPSA) is 67.8 Å². The summed E-state index contributed by atoms with van der Waals surface area (Å²) in [6.07, 6.45) is 5.64. The molecule has 6 nitrogen and oxygen atoms in total. The van der Waals surface area contributed by atoms with Crippen molar-refractivity contribution in [3.63, 3.8) is 0 Å². The summed E-state index contributed by atoms with van der Waals surface area (Å²) < 4.78 is 11.3. The molecule has 1 fully saturated rings. The van der Waals surface area contributed by atoms with E-state index >= 15 is 0 Å². The predicted molar refractivity (Wildman–Crippen MR) is 82.7 cm³/mol. The first-order chi connectivity index (χ1) is 10.2. The van der Waals surface area contributed by atoms with Gasteiger partial charge in [-0.15, -0.1) is 0 Å². The molecule has 1 aliphatic heterocycles. The van der Waals surface area contributed by atoms with E-state index in [1.54, 1.807) is 19.4 Å². The maximum Gasteiger partial charge on any atom is 0.191 e. The van der Waals surface area contributed by atoms with Crippen LogP contribution >= 0.6 is 0 Å². The molecular formula is C15H24N4O2. The van der Waals surface area contributed by atoms with Gasteiger partial charge in [0.1, 0.15) is 12.4 Å². The predicted octanol–water partition coefficient (Wildman–Crippen LogP) is 1.19. The Hall–Kier alpha value is -1.82. The van der Waals surface area contributed by atoms with E-state index in [9.17, 15) is 0 Å². The molecule has 1 aliphatic rings. The Kier molecular flexibility index (Phi) is 5.80. The smallest absolute Gasteiger partial charge is 0.191 e. The summed E-state index contributed by atoms with van der Waals surface area (Å²) in [7, 11) is 1.76. The minimum atomic E-state index is -0.0795. The molecule has 6 heteroatoms. The van der Waals surface area contributed by atoms with Crippen molar-refractivity contribution >= 4 is 5.96 Å². The van der Waals surface area contributed by atoms with Crippen LogP contribution in [0.15, 0.2) is 29.5 Å². The molecule has 21 heavy (non-hydrogen) atoms. The SMILES string of the molecule is CN=C(NCCOc1cccnc1)NCC1(C)CCCO1. The number of hydrogen-bond donors (Lipinski definition) is 2. The zero-order valence-electron chi connectivity index (χ0n) is 12.8.